The Bertz CT molecular complexity index is 1030. The average molecular weight is 374 g/mol. The number of nitrogens with zero attached hydrogens (tertiary/aromatic N) is 3. The molecule has 0 radical (unpaired) electrons. The van der Waals surface area contributed by atoms with Gasteiger partial charge in [0.15, 0.2) is 5.16 Å². The third kappa shape index (κ3) is 3.83. The Morgan fingerprint density at radius 3 is 2.88 bits per heavy atom. The van der Waals surface area contributed by atoms with Crippen molar-refractivity contribution in [3.8, 4) is 11.4 Å². The zero-order valence-corrected chi connectivity index (χ0v) is 14.4. The van der Waals surface area contributed by atoms with Crippen LogP contribution in [0.3, 0.4) is 0 Å². The smallest absolute Gasteiger partial charge is 0.334 e. The van der Waals surface area contributed by atoms with Crippen LogP contribution in [0.4, 0.5) is 5.82 Å². The van der Waals surface area contributed by atoms with Crippen LogP contribution in [-0.4, -0.2) is 43.5 Å². The summed E-state index contributed by atoms with van der Waals surface area (Å²) in [5, 5.41) is 9.36. The molecule has 0 aliphatic rings. The predicted molar refractivity (Wildman–Crippen MR) is 94.9 cm³/mol. The molecule has 0 aliphatic carbocycles. The van der Waals surface area contributed by atoms with Gasteiger partial charge in [0.05, 0.1) is 18.6 Å². The zero-order chi connectivity index (χ0) is 18.5. The molecule has 0 saturated carbocycles. The molecule has 3 rings (SSSR count). The Kier molecular flexibility index (Phi) is 5.17. The Morgan fingerprint density at radius 2 is 2.15 bits per heavy atom. The number of rotatable bonds is 6. The van der Waals surface area contributed by atoms with Crippen molar-refractivity contribution in [1.82, 2.24) is 24.7 Å². The van der Waals surface area contributed by atoms with Gasteiger partial charge >= 0.3 is 5.69 Å². The molecule has 2 aromatic heterocycles. The summed E-state index contributed by atoms with van der Waals surface area (Å²) in [4.78, 5) is 42.3. The standard InChI is InChI=1S/C15H14N6O4S/c1-25-10-5-3-2-4-9(10)21-11(6-12(22)19-15(21)24)18-13(23)7-26-14-16-8-17-20-14/h2-6,8H,7H2,1H3,(H,18,23)(H,16,17,20)(H,19,22,24). The lowest BCUT2D eigenvalue weighted by Gasteiger charge is -2.15. The van der Waals surface area contributed by atoms with Gasteiger partial charge in [0.2, 0.25) is 5.91 Å². The fourth-order valence-electron chi connectivity index (χ4n) is 2.22. The Hall–Kier alpha value is -3.34. The second-order valence-electron chi connectivity index (χ2n) is 4.96. The van der Waals surface area contributed by atoms with E-state index < -0.39 is 17.2 Å². The molecule has 11 heteroatoms. The van der Waals surface area contributed by atoms with E-state index in [0.29, 0.717) is 16.6 Å². The van der Waals surface area contributed by atoms with Crippen LogP contribution >= 0.6 is 11.8 Å². The van der Waals surface area contributed by atoms with Crippen LogP contribution in [0, 0.1) is 0 Å². The molecule has 3 N–H and O–H groups in total. The first-order chi connectivity index (χ1) is 12.6. The first-order valence-corrected chi connectivity index (χ1v) is 8.35. The molecule has 0 saturated heterocycles. The van der Waals surface area contributed by atoms with Crippen molar-refractivity contribution in [2.24, 2.45) is 0 Å². The highest BCUT2D eigenvalue weighted by atomic mass is 32.2. The van der Waals surface area contributed by atoms with Crippen LogP contribution in [0.2, 0.25) is 0 Å². The Balaban J connectivity index is 1.92. The minimum Gasteiger partial charge on any atom is -0.495 e. The number of methoxy groups -OCH3 is 1. The number of aromatic amines is 2. The number of nitrogens with one attached hydrogen (secondary N) is 3. The van der Waals surface area contributed by atoms with Crippen molar-refractivity contribution in [1.29, 1.82) is 0 Å². The van der Waals surface area contributed by atoms with Crippen molar-refractivity contribution in [2.75, 3.05) is 18.2 Å². The summed E-state index contributed by atoms with van der Waals surface area (Å²) in [6.07, 6.45) is 1.33. The van der Waals surface area contributed by atoms with E-state index in [1.54, 1.807) is 24.3 Å². The fourth-order valence-corrected chi connectivity index (χ4v) is 2.80. The summed E-state index contributed by atoms with van der Waals surface area (Å²) in [7, 11) is 1.46. The van der Waals surface area contributed by atoms with Crippen molar-refractivity contribution in [2.45, 2.75) is 5.16 Å². The van der Waals surface area contributed by atoms with Crippen molar-refractivity contribution in [3.63, 3.8) is 0 Å². The molecule has 0 aliphatic heterocycles. The van der Waals surface area contributed by atoms with Crippen LogP contribution in [-0.2, 0) is 4.79 Å². The van der Waals surface area contributed by atoms with E-state index >= 15 is 0 Å². The quantitative estimate of drug-likeness (QED) is 0.531. The SMILES string of the molecule is COc1ccccc1-n1c(NC(=O)CSc2ncn[nH]2)cc(=O)[nH]c1=O. The summed E-state index contributed by atoms with van der Waals surface area (Å²) in [6.45, 7) is 0. The third-order valence-corrected chi connectivity index (χ3v) is 4.15. The van der Waals surface area contributed by atoms with Crippen LogP contribution < -0.4 is 21.3 Å². The number of aromatic nitrogens is 5. The Labute approximate surface area is 150 Å². The Morgan fingerprint density at radius 1 is 1.35 bits per heavy atom. The van der Waals surface area contributed by atoms with Crippen molar-refractivity contribution >= 4 is 23.5 Å². The third-order valence-electron chi connectivity index (χ3n) is 3.27. The number of para-hydroxylation sites is 2. The molecule has 26 heavy (non-hydrogen) atoms. The molecular weight excluding hydrogens is 360 g/mol. The lowest BCUT2D eigenvalue weighted by molar-refractivity contribution is -0.113. The number of benzene rings is 1. The number of ether oxygens (including phenoxy) is 1. The number of H-pyrrole nitrogens is 2. The summed E-state index contributed by atoms with van der Waals surface area (Å²) in [5.41, 5.74) is -0.936. The lowest BCUT2D eigenvalue weighted by Crippen LogP contribution is -2.32. The van der Waals surface area contributed by atoms with Crippen molar-refractivity contribution < 1.29 is 9.53 Å². The minimum absolute atomic E-state index is 0.0160. The lowest BCUT2D eigenvalue weighted by atomic mass is 10.3. The topological polar surface area (TPSA) is 135 Å². The number of carbonyl (C=O) groups is 1. The van der Waals surface area contributed by atoms with Gasteiger partial charge in [-0.25, -0.2) is 14.3 Å². The highest BCUT2D eigenvalue weighted by molar-refractivity contribution is 7.99. The average Bonchev–Trinajstić information content (AvgIpc) is 3.13. The summed E-state index contributed by atoms with van der Waals surface area (Å²) >= 11 is 1.13. The zero-order valence-electron chi connectivity index (χ0n) is 13.6. The number of thioether (sulfide) groups is 1. The number of hydrogen-bond acceptors (Lipinski definition) is 7. The molecule has 10 nitrogen and oxygen atoms in total. The number of amides is 1. The highest BCUT2D eigenvalue weighted by Crippen LogP contribution is 2.23. The van der Waals surface area contributed by atoms with Gasteiger partial charge in [-0.15, -0.1) is 0 Å². The molecule has 0 atom stereocenters. The van der Waals surface area contributed by atoms with Gasteiger partial charge in [0, 0.05) is 6.07 Å². The molecule has 134 valence electrons. The maximum absolute atomic E-state index is 12.3. The first kappa shape index (κ1) is 17.5. The monoisotopic (exact) mass is 374 g/mol. The van der Waals surface area contributed by atoms with Crippen LogP contribution in [0.1, 0.15) is 0 Å². The molecule has 0 bridgehead atoms. The summed E-state index contributed by atoms with van der Waals surface area (Å²) in [5.74, 6) is 0.0434. The summed E-state index contributed by atoms with van der Waals surface area (Å²) in [6, 6.07) is 7.88. The van der Waals surface area contributed by atoms with Gasteiger partial charge in [0.25, 0.3) is 5.56 Å². The largest absolute Gasteiger partial charge is 0.495 e. The summed E-state index contributed by atoms with van der Waals surface area (Å²) < 4.78 is 6.42. The number of carbonyl (C=O) groups excluding carboxylic acids is 1. The van der Waals surface area contributed by atoms with Gasteiger partial charge in [-0.3, -0.25) is 19.7 Å². The fraction of sp³-hybridized carbons (Fsp3) is 0.133. The van der Waals surface area contributed by atoms with Crippen molar-refractivity contribution in [3.05, 3.63) is 57.5 Å². The van der Waals surface area contributed by atoms with Crippen LogP contribution in [0.15, 0.2) is 51.4 Å². The van der Waals surface area contributed by atoms with E-state index in [2.05, 4.69) is 25.5 Å². The normalized spacial score (nSPS) is 10.5. The van der Waals surface area contributed by atoms with Crippen LogP contribution in [0.25, 0.3) is 5.69 Å². The maximum Gasteiger partial charge on any atom is 0.334 e. The molecule has 3 aromatic rings. The van der Waals surface area contributed by atoms with Crippen LogP contribution in [0.5, 0.6) is 5.75 Å². The van der Waals surface area contributed by atoms with E-state index in [-0.39, 0.29) is 11.6 Å². The van der Waals surface area contributed by atoms with Gasteiger partial charge in [-0.2, -0.15) is 5.10 Å². The molecule has 0 fully saturated rings. The van der Waals surface area contributed by atoms with E-state index in [0.717, 1.165) is 22.4 Å². The van der Waals surface area contributed by atoms with Gasteiger partial charge in [-0.1, -0.05) is 23.9 Å². The molecular formula is C15H14N6O4S. The molecule has 2 heterocycles. The first-order valence-electron chi connectivity index (χ1n) is 7.36. The van der Waals surface area contributed by atoms with Gasteiger partial charge in [-0.05, 0) is 12.1 Å². The number of hydrogen-bond donors (Lipinski definition) is 3. The minimum atomic E-state index is -0.694. The van der Waals surface area contributed by atoms with E-state index in [1.165, 1.54) is 13.4 Å². The molecule has 1 amide bonds. The molecule has 0 unspecified atom stereocenters. The second-order valence-corrected chi connectivity index (χ2v) is 5.92. The molecule has 1 aromatic carbocycles. The second kappa shape index (κ2) is 7.70. The van der Waals surface area contributed by atoms with E-state index in [4.69, 9.17) is 4.74 Å². The number of anilines is 1. The maximum atomic E-state index is 12.3. The van der Waals surface area contributed by atoms with Gasteiger partial charge < -0.3 is 10.1 Å². The van der Waals surface area contributed by atoms with Gasteiger partial charge in [0.1, 0.15) is 17.9 Å². The van der Waals surface area contributed by atoms with E-state index in [9.17, 15) is 14.4 Å². The van der Waals surface area contributed by atoms with E-state index in [1.807, 2.05) is 0 Å². The predicted octanol–water partition coefficient (Wildman–Crippen LogP) is 0.383. The molecule has 0 spiro atoms. The highest BCUT2D eigenvalue weighted by Gasteiger charge is 2.15.